The van der Waals surface area contributed by atoms with Gasteiger partial charge in [0.1, 0.15) is 12.1 Å². The van der Waals surface area contributed by atoms with Gasteiger partial charge in [0.05, 0.1) is 17.9 Å². The number of ketones is 1. The zero-order valence-electron chi connectivity index (χ0n) is 23.5. The molecule has 0 bridgehead atoms. The number of benzene rings is 2. The molecular weight excluding hydrogens is 533 g/mol. The predicted molar refractivity (Wildman–Crippen MR) is 151 cm³/mol. The molecule has 4 rings (SSSR count). The molecule has 0 aliphatic carbocycles. The number of halogens is 3. The fourth-order valence-electron chi connectivity index (χ4n) is 4.47. The molecule has 2 aromatic heterocycles. The van der Waals surface area contributed by atoms with E-state index in [9.17, 15) is 18.0 Å². The van der Waals surface area contributed by atoms with Gasteiger partial charge in [-0.25, -0.2) is 9.97 Å². The number of aryl methyl sites for hydroxylation is 3. The Morgan fingerprint density at radius 1 is 1.05 bits per heavy atom. The van der Waals surface area contributed by atoms with Crippen LogP contribution in [-0.2, 0) is 25.6 Å². The van der Waals surface area contributed by atoms with Crippen LogP contribution in [0.4, 0.5) is 24.7 Å². The number of likely N-dealkylation sites (N-methyl/N-ethyl adjacent to an activating group) is 1. The first-order valence-corrected chi connectivity index (χ1v) is 13.2. The van der Waals surface area contributed by atoms with Crippen molar-refractivity contribution in [2.45, 2.75) is 46.3 Å². The van der Waals surface area contributed by atoms with Crippen LogP contribution in [0.2, 0.25) is 0 Å². The molecule has 0 fully saturated rings. The molecule has 8 nitrogen and oxygen atoms in total. The Labute approximate surface area is 236 Å². The molecule has 0 saturated heterocycles. The molecule has 0 amide bonds. The Morgan fingerprint density at radius 3 is 2.54 bits per heavy atom. The highest BCUT2D eigenvalue weighted by Gasteiger charge is 2.32. The van der Waals surface area contributed by atoms with E-state index < -0.39 is 17.5 Å². The van der Waals surface area contributed by atoms with E-state index in [4.69, 9.17) is 5.11 Å². The number of carbonyl (C=O) groups excluding carboxylic acids is 1. The molecule has 0 atom stereocenters. The number of Topliss-reactive ketones (excluding diaryl/α,β-unsaturated/α-hetero) is 1. The van der Waals surface area contributed by atoms with Gasteiger partial charge in [-0.1, -0.05) is 19.1 Å². The molecule has 0 saturated carbocycles. The second-order valence-electron chi connectivity index (χ2n) is 10.1. The van der Waals surface area contributed by atoms with Crippen molar-refractivity contribution in [3.63, 3.8) is 0 Å². The van der Waals surface area contributed by atoms with Crippen molar-refractivity contribution in [1.82, 2.24) is 24.6 Å². The summed E-state index contributed by atoms with van der Waals surface area (Å²) in [7, 11) is 1.69. The normalized spacial score (nSPS) is 11.7. The quantitative estimate of drug-likeness (QED) is 0.233. The van der Waals surface area contributed by atoms with Gasteiger partial charge in [0, 0.05) is 48.6 Å². The Kier molecular flexibility index (Phi) is 9.19. The van der Waals surface area contributed by atoms with Gasteiger partial charge in [0.25, 0.3) is 0 Å². The predicted octanol–water partition coefficient (Wildman–Crippen LogP) is 5.45. The van der Waals surface area contributed by atoms with Gasteiger partial charge in [0.15, 0.2) is 11.6 Å². The van der Waals surface area contributed by atoms with E-state index in [1.54, 1.807) is 22.7 Å². The number of aliphatic hydroxyl groups excluding tert-OH is 1. The summed E-state index contributed by atoms with van der Waals surface area (Å²) in [6, 6.07) is 12.7. The van der Waals surface area contributed by atoms with Crippen molar-refractivity contribution < 1.29 is 23.1 Å². The molecule has 2 heterocycles. The molecule has 41 heavy (non-hydrogen) atoms. The van der Waals surface area contributed by atoms with Gasteiger partial charge < -0.3 is 10.4 Å². The van der Waals surface area contributed by atoms with E-state index in [0.29, 0.717) is 29.3 Å². The molecule has 2 N–H and O–H groups in total. The molecule has 11 heteroatoms. The van der Waals surface area contributed by atoms with Crippen molar-refractivity contribution in [3.05, 3.63) is 94.1 Å². The van der Waals surface area contributed by atoms with Crippen LogP contribution in [0.5, 0.6) is 0 Å². The van der Waals surface area contributed by atoms with E-state index in [2.05, 4.69) is 20.4 Å². The Hall–Kier alpha value is -4.09. The lowest BCUT2D eigenvalue weighted by atomic mass is 9.97. The summed E-state index contributed by atoms with van der Waals surface area (Å²) in [4.78, 5) is 23.5. The van der Waals surface area contributed by atoms with E-state index in [1.165, 1.54) is 12.4 Å². The Morgan fingerprint density at radius 2 is 1.83 bits per heavy atom. The van der Waals surface area contributed by atoms with Crippen LogP contribution >= 0.6 is 0 Å². The number of nitrogens with one attached hydrogen (secondary N) is 1. The largest absolute Gasteiger partial charge is 0.416 e. The maximum atomic E-state index is 13.6. The fourth-order valence-corrected chi connectivity index (χ4v) is 4.47. The number of anilines is 2. The molecule has 0 aliphatic heterocycles. The number of hydrogen-bond acceptors (Lipinski definition) is 7. The zero-order chi connectivity index (χ0) is 29.7. The highest BCUT2D eigenvalue weighted by atomic mass is 19.4. The average Bonchev–Trinajstić information content (AvgIpc) is 3.29. The lowest BCUT2D eigenvalue weighted by Crippen LogP contribution is -2.22. The summed E-state index contributed by atoms with van der Waals surface area (Å²) in [6.45, 7) is 6.15. The number of hydrogen-bond donors (Lipinski definition) is 2. The van der Waals surface area contributed by atoms with Crippen molar-refractivity contribution in [3.8, 4) is 5.82 Å². The molecule has 0 radical (unpaired) electrons. The number of rotatable bonds is 11. The highest BCUT2D eigenvalue weighted by Crippen LogP contribution is 2.32. The van der Waals surface area contributed by atoms with Gasteiger partial charge in [-0.3, -0.25) is 9.69 Å². The first-order chi connectivity index (χ1) is 19.5. The van der Waals surface area contributed by atoms with Crippen molar-refractivity contribution in [2.75, 3.05) is 25.5 Å². The summed E-state index contributed by atoms with van der Waals surface area (Å²) >= 11 is 0. The van der Waals surface area contributed by atoms with Crippen LogP contribution in [0.3, 0.4) is 0 Å². The lowest BCUT2D eigenvalue weighted by Gasteiger charge is -2.18. The van der Waals surface area contributed by atoms with E-state index in [1.807, 2.05) is 45.0 Å². The van der Waals surface area contributed by atoms with Crippen molar-refractivity contribution in [2.24, 2.45) is 0 Å². The second-order valence-corrected chi connectivity index (χ2v) is 10.1. The summed E-state index contributed by atoms with van der Waals surface area (Å²) in [5, 5.41) is 17.1. The molecular formula is C30H33F3N6O2. The third-order valence-electron chi connectivity index (χ3n) is 6.63. The monoisotopic (exact) mass is 566 g/mol. The van der Waals surface area contributed by atoms with Crippen LogP contribution in [-0.4, -0.2) is 55.7 Å². The molecule has 2 aromatic carbocycles. The van der Waals surface area contributed by atoms with Gasteiger partial charge in [-0.05, 0) is 68.3 Å². The van der Waals surface area contributed by atoms with E-state index in [0.717, 1.165) is 41.2 Å². The molecule has 0 unspecified atom stereocenters. The Bertz CT molecular complexity index is 1530. The third-order valence-corrected chi connectivity index (χ3v) is 6.63. The van der Waals surface area contributed by atoms with Crippen molar-refractivity contribution >= 4 is 17.3 Å². The molecule has 0 aliphatic rings. The van der Waals surface area contributed by atoms with Crippen molar-refractivity contribution in [1.29, 1.82) is 0 Å². The van der Waals surface area contributed by atoms with E-state index in [-0.39, 0.29) is 25.1 Å². The van der Waals surface area contributed by atoms with Crippen LogP contribution in [0.15, 0.2) is 54.9 Å². The summed E-state index contributed by atoms with van der Waals surface area (Å²) in [6.07, 6.45) is -2.42. The first-order valence-electron chi connectivity index (χ1n) is 13.2. The standard InChI is InChI=1S/C30H33F3N6O2/c1-5-25-16-28(35-18-34-25)39-29(10-20(3)37-39)36-26-13-21(7-6-19(26)2)14-27(41)23-11-22(17-38(4)8-9-40)12-24(15-23)30(31,32)33/h6-7,10-13,15-16,18,36,40H,5,8-9,14,17H2,1-4H3. The minimum absolute atomic E-state index is 0.00787. The average molecular weight is 567 g/mol. The smallest absolute Gasteiger partial charge is 0.395 e. The molecule has 216 valence electrons. The summed E-state index contributed by atoms with van der Waals surface area (Å²) < 4.78 is 42.6. The van der Waals surface area contributed by atoms with E-state index >= 15 is 0 Å². The number of nitrogens with zero attached hydrogens (tertiary/aromatic N) is 5. The van der Waals surface area contributed by atoms with Gasteiger partial charge in [-0.2, -0.15) is 23.0 Å². The van der Waals surface area contributed by atoms with Gasteiger partial charge >= 0.3 is 6.18 Å². The molecule has 0 spiro atoms. The van der Waals surface area contributed by atoms with Crippen LogP contribution in [0.1, 0.15) is 50.9 Å². The Balaban J connectivity index is 1.60. The minimum Gasteiger partial charge on any atom is -0.395 e. The third kappa shape index (κ3) is 7.56. The van der Waals surface area contributed by atoms with Gasteiger partial charge in [-0.15, -0.1) is 0 Å². The number of aliphatic hydroxyl groups is 1. The van der Waals surface area contributed by atoms with Crippen LogP contribution in [0, 0.1) is 13.8 Å². The molecule has 4 aromatic rings. The second kappa shape index (κ2) is 12.6. The zero-order valence-corrected chi connectivity index (χ0v) is 23.5. The van der Waals surface area contributed by atoms with Crippen LogP contribution in [0.25, 0.3) is 5.82 Å². The summed E-state index contributed by atoms with van der Waals surface area (Å²) in [5.74, 6) is 0.858. The number of carbonyl (C=O) groups is 1. The fraction of sp³-hybridized carbons (Fsp3) is 0.333. The highest BCUT2D eigenvalue weighted by molar-refractivity contribution is 5.98. The maximum absolute atomic E-state index is 13.6. The SMILES string of the molecule is CCc1cc(-n2nc(C)cc2Nc2cc(CC(=O)c3cc(CN(C)CCO)cc(C(F)(F)F)c3)ccc2C)ncn1. The maximum Gasteiger partial charge on any atom is 0.416 e. The van der Waals surface area contributed by atoms with Crippen LogP contribution < -0.4 is 5.32 Å². The first kappa shape index (κ1) is 29.9. The lowest BCUT2D eigenvalue weighted by molar-refractivity contribution is -0.137. The number of aromatic nitrogens is 4. The summed E-state index contributed by atoms with van der Waals surface area (Å²) in [5.41, 5.74) is 3.42. The number of alkyl halides is 3. The minimum atomic E-state index is -4.59. The topological polar surface area (TPSA) is 96.2 Å². The van der Waals surface area contributed by atoms with Gasteiger partial charge in [0.2, 0.25) is 0 Å².